The number of halogens is 1. The molecule has 0 aliphatic heterocycles. The maximum Gasteiger partial charge on any atom is 0.412 e. The number of nitrogens with two attached hydrogens (primary N) is 1. The number of anilines is 1. The van der Waals surface area contributed by atoms with Crippen LogP contribution in [0.4, 0.5) is 14.9 Å². The van der Waals surface area contributed by atoms with Crippen molar-refractivity contribution in [2.75, 3.05) is 11.9 Å². The van der Waals surface area contributed by atoms with E-state index in [0.29, 0.717) is 11.3 Å². The van der Waals surface area contributed by atoms with Crippen molar-refractivity contribution < 1.29 is 13.9 Å². The minimum atomic E-state index is -1.31. The van der Waals surface area contributed by atoms with E-state index in [4.69, 9.17) is 10.5 Å². The van der Waals surface area contributed by atoms with Crippen LogP contribution in [-0.2, 0) is 4.74 Å². The largest absolute Gasteiger partial charge is 0.444 e. The van der Waals surface area contributed by atoms with Gasteiger partial charge in [0.25, 0.3) is 0 Å². The number of benzene rings is 1. The van der Waals surface area contributed by atoms with E-state index in [9.17, 15) is 9.18 Å². The molecule has 0 heterocycles. The number of hydrogen-bond acceptors (Lipinski definition) is 3. The highest BCUT2D eigenvalue weighted by atomic mass is 19.1. The lowest BCUT2D eigenvalue weighted by atomic mass is 10.1. The summed E-state index contributed by atoms with van der Waals surface area (Å²) in [6, 6.07) is 6.60. The number of hydrogen-bond donors (Lipinski definition) is 2. The SMILES string of the molecule is CC(C)(C)OC(=O)Nc1ccccc1C(F)CN. The van der Waals surface area contributed by atoms with Crippen molar-refractivity contribution in [2.45, 2.75) is 32.5 Å². The molecule has 0 aromatic heterocycles. The number of carbonyl (C=O) groups is 1. The molecule has 0 saturated carbocycles. The molecular weight excluding hydrogens is 235 g/mol. The Balaban J connectivity index is 2.81. The van der Waals surface area contributed by atoms with Crippen LogP contribution in [0.3, 0.4) is 0 Å². The average Bonchev–Trinajstić information content (AvgIpc) is 2.26. The molecule has 4 nitrogen and oxygen atoms in total. The number of carbonyl (C=O) groups excluding carboxylic acids is 1. The summed E-state index contributed by atoms with van der Waals surface area (Å²) in [5.41, 5.74) is 5.42. The Hall–Kier alpha value is -1.62. The molecule has 1 aromatic carbocycles. The molecule has 0 radical (unpaired) electrons. The van der Waals surface area contributed by atoms with Crippen molar-refractivity contribution in [2.24, 2.45) is 5.73 Å². The minimum absolute atomic E-state index is 0.132. The van der Waals surface area contributed by atoms with E-state index in [0.717, 1.165) is 0 Å². The molecule has 0 aliphatic rings. The van der Waals surface area contributed by atoms with Crippen LogP contribution in [0.25, 0.3) is 0 Å². The van der Waals surface area contributed by atoms with Gasteiger partial charge >= 0.3 is 6.09 Å². The van der Waals surface area contributed by atoms with E-state index < -0.39 is 17.9 Å². The topological polar surface area (TPSA) is 64.3 Å². The molecule has 1 amide bonds. The highest BCUT2D eigenvalue weighted by molar-refractivity contribution is 5.86. The quantitative estimate of drug-likeness (QED) is 0.871. The Morgan fingerprint density at radius 1 is 1.44 bits per heavy atom. The fraction of sp³-hybridized carbons (Fsp3) is 0.462. The first kappa shape index (κ1) is 14.4. The summed E-state index contributed by atoms with van der Waals surface area (Å²) in [5, 5.41) is 2.53. The van der Waals surface area contributed by atoms with Gasteiger partial charge in [-0.1, -0.05) is 18.2 Å². The second-order valence-corrected chi connectivity index (χ2v) is 4.92. The predicted octanol–water partition coefficient (Wildman–Crippen LogP) is 3.00. The first-order valence-electron chi connectivity index (χ1n) is 5.76. The maximum atomic E-state index is 13.6. The average molecular weight is 254 g/mol. The van der Waals surface area contributed by atoms with Crippen LogP contribution in [0.1, 0.15) is 32.5 Å². The third-order valence-electron chi connectivity index (χ3n) is 2.14. The normalized spacial score (nSPS) is 12.9. The minimum Gasteiger partial charge on any atom is -0.444 e. The molecule has 0 bridgehead atoms. The summed E-state index contributed by atoms with van der Waals surface area (Å²) in [7, 11) is 0. The highest BCUT2D eigenvalue weighted by Gasteiger charge is 2.18. The van der Waals surface area contributed by atoms with Crippen molar-refractivity contribution in [3.05, 3.63) is 29.8 Å². The second kappa shape index (κ2) is 5.82. The lowest BCUT2D eigenvalue weighted by Gasteiger charge is -2.20. The van der Waals surface area contributed by atoms with Gasteiger partial charge in [0.1, 0.15) is 11.8 Å². The first-order chi connectivity index (χ1) is 8.33. The van der Waals surface area contributed by atoms with Gasteiger partial charge in [0.2, 0.25) is 0 Å². The van der Waals surface area contributed by atoms with Gasteiger partial charge in [0.05, 0.1) is 5.69 Å². The van der Waals surface area contributed by atoms with E-state index in [1.165, 1.54) is 0 Å². The van der Waals surface area contributed by atoms with E-state index in [2.05, 4.69) is 5.32 Å². The van der Waals surface area contributed by atoms with E-state index in [1.54, 1.807) is 45.0 Å². The molecule has 1 rings (SSSR count). The highest BCUT2D eigenvalue weighted by Crippen LogP contribution is 2.25. The number of ether oxygens (including phenoxy) is 1. The van der Waals surface area contributed by atoms with Gasteiger partial charge in [0, 0.05) is 12.1 Å². The van der Waals surface area contributed by atoms with Crippen molar-refractivity contribution in [1.29, 1.82) is 0 Å². The number of nitrogens with one attached hydrogen (secondary N) is 1. The number of amides is 1. The van der Waals surface area contributed by atoms with Gasteiger partial charge in [-0.25, -0.2) is 9.18 Å². The van der Waals surface area contributed by atoms with Crippen molar-refractivity contribution in [3.63, 3.8) is 0 Å². The number of rotatable bonds is 3. The third kappa shape index (κ3) is 4.33. The summed E-state index contributed by atoms with van der Waals surface area (Å²) in [4.78, 5) is 11.6. The molecule has 1 aromatic rings. The van der Waals surface area contributed by atoms with Crippen molar-refractivity contribution in [3.8, 4) is 0 Å². The number of alkyl halides is 1. The van der Waals surface area contributed by atoms with Crippen molar-refractivity contribution in [1.82, 2.24) is 0 Å². The Morgan fingerprint density at radius 2 is 2.06 bits per heavy atom. The zero-order valence-electron chi connectivity index (χ0n) is 10.9. The molecule has 0 spiro atoms. The zero-order valence-corrected chi connectivity index (χ0v) is 10.9. The Kier molecular flexibility index (Phi) is 4.67. The monoisotopic (exact) mass is 254 g/mol. The second-order valence-electron chi connectivity index (χ2n) is 4.92. The third-order valence-corrected chi connectivity index (χ3v) is 2.14. The molecule has 100 valence electrons. The van der Waals surface area contributed by atoms with Gasteiger partial charge in [-0.15, -0.1) is 0 Å². The zero-order chi connectivity index (χ0) is 13.8. The Morgan fingerprint density at radius 3 is 2.61 bits per heavy atom. The van der Waals surface area contributed by atoms with Crippen LogP contribution in [0.5, 0.6) is 0 Å². The Bertz CT molecular complexity index is 416. The standard InChI is InChI=1S/C13H19FN2O2/c1-13(2,3)18-12(17)16-11-7-5-4-6-9(11)10(14)8-15/h4-7,10H,8,15H2,1-3H3,(H,16,17). The fourth-order valence-electron chi connectivity index (χ4n) is 1.42. The maximum absolute atomic E-state index is 13.6. The lowest BCUT2D eigenvalue weighted by Crippen LogP contribution is -2.27. The predicted molar refractivity (Wildman–Crippen MR) is 69.2 cm³/mol. The lowest BCUT2D eigenvalue weighted by molar-refractivity contribution is 0.0635. The summed E-state index contributed by atoms with van der Waals surface area (Å²) < 4.78 is 18.7. The fourth-order valence-corrected chi connectivity index (χ4v) is 1.42. The first-order valence-corrected chi connectivity index (χ1v) is 5.76. The van der Waals surface area contributed by atoms with Gasteiger partial charge in [-0.2, -0.15) is 0 Å². The van der Waals surface area contributed by atoms with Gasteiger partial charge in [0.15, 0.2) is 0 Å². The smallest absolute Gasteiger partial charge is 0.412 e. The van der Waals surface area contributed by atoms with Crippen LogP contribution in [0.15, 0.2) is 24.3 Å². The van der Waals surface area contributed by atoms with Crippen LogP contribution >= 0.6 is 0 Å². The molecule has 0 fully saturated rings. The van der Waals surface area contributed by atoms with Crippen LogP contribution in [0, 0.1) is 0 Å². The number of para-hydroxylation sites is 1. The van der Waals surface area contributed by atoms with Gasteiger partial charge < -0.3 is 10.5 Å². The molecule has 1 atom stereocenters. The molecular formula is C13H19FN2O2. The summed E-state index contributed by atoms with van der Waals surface area (Å²) >= 11 is 0. The molecule has 5 heteroatoms. The summed E-state index contributed by atoms with van der Waals surface area (Å²) in [5.74, 6) is 0. The van der Waals surface area contributed by atoms with E-state index in [-0.39, 0.29) is 6.54 Å². The van der Waals surface area contributed by atoms with Gasteiger partial charge in [-0.3, -0.25) is 5.32 Å². The van der Waals surface area contributed by atoms with Crippen molar-refractivity contribution >= 4 is 11.8 Å². The molecule has 0 aliphatic carbocycles. The van der Waals surface area contributed by atoms with Crippen LogP contribution in [0.2, 0.25) is 0 Å². The molecule has 3 N–H and O–H groups in total. The molecule has 0 saturated heterocycles. The summed E-state index contributed by atoms with van der Waals surface area (Å²) in [6.45, 7) is 5.15. The molecule has 18 heavy (non-hydrogen) atoms. The van der Waals surface area contributed by atoms with Gasteiger partial charge in [-0.05, 0) is 26.8 Å². The Labute approximate surface area is 106 Å². The summed E-state index contributed by atoms with van der Waals surface area (Å²) in [6.07, 6.45) is -1.92. The van der Waals surface area contributed by atoms with E-state index in [1.807, 2.05) is 0 Å². The molecule has 1 unspecified atom stereocenters. The van der Waals surface area contributed by atoms with E-state index >= 15 is 0 Å². The van der Waals surface area contributed by atoms with Crippen LogP contribution in [-0.4, -0.2) is 18.2 Å². The van der Waals surface area contributed by atoms with Crippen LogP contribution < -0.4 is 11.1 Å².